The number of ether oxygens (including phenoxy) is 2. The lowest BCUT2D eigenvalue weighted by molar-refractivity contribution is 0.0966. The standard InChI is InChI=1S/C17H15IN2O4/c1-10-2-4-12(9-13(10)18)19-17(22)20-16(21)11-3-5-14-15(8-11)24-7-6-23-14/h2-5,8-9H,6-7H2,1H3,(H2,19,20,21,22). The second kappa shape index (κ2) is 7.08. The Morgan fingerprint density at radius 2 is 1.79 bits per heavy atom. The zero-order valence-corrected chi connectivity index (χ0v) is 15.0. The van der Waals surface area contributed by atoms with Crippen molar-refractivity contribution >= 4 is 40.2 Å². The van der Waals surface area contributed by atoms with E-state index in [1.807, 2.05) is 19.1 Å². The molecule has 7 heteroatoms. The highest BCUT2D eigenvalue weighted by atomic mass is 127. The molecule has 0 fully saturated rings. The van der Waals surface area contributed by atoms with Crippen molar-refractivity contribution in [3.63, 3.8) is 0 Å². The molecule has 0 unspecified atom stereocenters. The molecule has 0 bridgehead atoms. The first-order valence-electron chi connectivity index (χ1n) is 7.31. The Labute approximate surface area is 152 Å². The minimum atomic E-state index is -0.588. The smallest absolute Gasteiger partial charge is 0.326 e. The molecule has 124 valence electrons. The number of nitrogens with one attached hydrogen (secondary N) is 2. The molecular weight excluding hydrogens is 423 g/mol. The number of benzene rings is 2. The van der Waals surface area contributed by atoms with Crippen LogP contribution in [-0.4, -0.2) is 25.2 Å². The molecule has 1 aliphatic heterocycles. The summed E-state index contributed by atoms with van der Waals surface area (Å²) in [5, 5.41) is 4.94. The molecule has 6 nitrogen and oxygen atoms in total. The predicted octanol–water partition coefficient (Wildman–Crippen LogP) is 3.33. The molecule has 0 aromatic heterocycles. The number of fused-ring (bicyclic) bond motifs is 1. The normalized spacial score (nSPS) is 12.4. The van der Waals surface area contributed by atoms with E-state index in [4.69, 9.17) is 9.47 Å². The topological polar surface area (TPSA) is 76.7 Å². The average molecular weight is 438 g/mol. The Bertz CT molecular complexity index is 807. The zero-order chi connectivity index (χ0) is 17.1. The predicted molar refractivity (Wildman–Crippen MR) is 97.8 cm³/mol. The quantitative estimate of drug-likeness (QED) is 0.706. The van der Waals surface area contributed by atoms with E-state index in [1.165, 1.54) is 0 Å². The van der Waals surface area contributed by atoms with Crippen LogP contribution in [-0.2, 0) is 0 Å². The van der Waals surface area contributed by atoms with Crippen LogP contribution in [0.4, 0.5) is 10.5 Å². The van der Waals surface area contributed by atoms with Crippen LogP contribution in [0.3, 0.4) is 0 Å². The fourth-order valence-corrected chi connectivity index (χ4v) is 2.71. The lowest BCUT2D eigenvalue weighted by Crippen LogP contribution is -2.34. The first kappa shape index (κ1) is 16.6. The third-order valence-electron chi connectivity index (χ3n) is 3.46. The summed E-state index contributed by atoms with van der Waals surface area (Å²) in [6.07, 6.45) is 0. The van der Waals surface area contributed by atoms with Gasteiger partial charge < -0.3 is 14.8 Å². The third kappa shape index (κ3) is 3.78. The first-order chi connectivity index (χ1) is 11.5. The van der Waals surface area contributed by atoms with Crippen LogP contribution >= 0.6 is 22.6 Å². The summed E-state index contributed by atoms with van der Waals surface area (Å²) in [6, 6.07) is 9.74. The van der Waals surface area contributed by atoms with Crippen molar-refractivity contribution in [2.75, 3.05) is 18.5 Å². The molecule has 24 heavy (non-hydrogen) atoms. The molecule has 0 aliphatic carbocycles. The molecule has 0 atom stereocenters. The Hall–Kier alpha value is -2.29. The second-order valence-electron chi connectivity index (χ2n) is 5.23. The lowest BCUT2D eigenvalue weighted by Gasteiger charge is -2.18. The fourth-order valence-electron chi connectivity index (χ4n) is 2.19. The number of aryl methyl sites for hydroxylation is 1. The highest BCUT2D eigenvalue weighted by Gasteiger charge is 2.16. The van der Waals surface area contributed by atoms with Crippen LogP contribution < -0.4 is 20.1 Å². The van der Waals surface area contributed by atoms with Gasteiger partial charge in [0.2, 0.25) is 0 Å². The highest BCUT2D eigenvalue weighted by molar-refractivity contribution is 14.1. The van der Waals surface area contributed by atoms with Crippen molar-refractivity contribution in [1.82, 2.24) is 5.32 Å². The van der Waals surface area contributed by atoms with Gasteiger partial charge in [-0.3, -0.25) is 10.1 Å². The lowest BCUT2D eigenvalue weighted by atomic mass is 10.2. The molecule has 2 aromatic rings. The van der Waals surface area contributed by atoms with Crippen molar-refractivity contribution in [2.45, 2.75) is 6.92 Å². The molecule has 1 aliphatic rings. The van der Waals surface area contributed by atoms with Gasteiger partial charge >= 0.3 is 6.03 Å². The van der Waals surface area contributed by atoms with Gasteiger partial charge in [0.1, 0.15) is 13.2 Å². The first-order valence-corrected chi connectivity index (χ1v) is 8.39. The summed E-state index contributed by atoms with van der Waals surface area (Å²) in [4.78, 5) is 24.2. The highest BCUT2D eigenvalue weighted by Crippen LogP contribution is 2.30. The van der Waals surface area contributed by atoms with Crippen LogP contribution in [0, 0.1) is 10.5 Å². The summed E-state index contributed by atoms with van der Waals surface area (Å²) in [6.45, 7) is 2.90. The Balaban J connectivity index is 1.65. The van der Waals surface area contributed by atoms with Crippen molar-refractivity contribution in [2.24, 2.45) is 0 Å². The second-order valence-corrected chi connectivity index (χ2v) is 6.39. The number of amides is 3. The zero-order valence-electron chi connectivity index (χ0n) is 12.9. The van der Waals surface area contributed by atoms with Gasteiger partial charge in [-0.1, -0.05) is 6.07 Å². The molecule has 2 aromatic carbocycles. The van der Waals surface area contributed by atoms with E-state index < -0.39 is 11.9 Å². The molecule has 1 heterocycles. The van der Waals surface area contributed by atoms with Gasteiger partial charge in [-0.15, -0.1) is 0 Å². The van der Waals surface area contributed by atoms with E-state index in [9.17, 15) is 9.59 Å². The molecule has 0 saturated heterocycles. The summed E-state index contributed by atoms with van der Waals surface area (Å²) < 4.78 is 11.9. The van der Waals surface area contributed by atoms with Gasteiger partial charge in [-0.25, -0.2) is 4.79 Å². The number of carbonyl (C=O) groups excluding carboxylic acids is 2. The molecule has 3 rings (SSSR count). The number of hydrogen-bond acceptors (Lipinski definition) is 4. The summed E-state index contributed by atoms with van der Waals surface area (Å²) in [5.74, 6) is 0.588. The van der Waals surface area contributed by atoms with Crippen LogP contribution in [0.5, 0.6) is 11.5 Å². The number of urea groups is 1. The number of anilines is 1. The summed E-state index contributed by atoms with van der Waals surface area (Å²) in [7, 11) is 0. The van der Waals surface area contributed by atoms with E-state index in [0.717, 1.165) is 9.13 Å². The maximum atomic E-state index is 12.2. The Kier molecular flexibility index (Phi) is 4.89. The largest absolute Gasteiger partial charge is 0.486 e. The van der Waals surface area contributed by atoms with E-state index >= 15 is 0 Å². The maximum Gasteiger partial charge on any atom is 0.326 e. The molecule has 0 spiro atoms. The molecule has 3 amide bonds. The number of imide groups is 1. The van der Waals surface area contributed by atoms with Crippen molar-refractivity contribution in [3.8, 4) is 11.5 Å². The molecule has 0 radical (unpaired) electrons. The SMILES string of the molecule is Cc1ccc(NC(=O)NC(=O)c2ccc3c(c2)OCCO3)cc1I. The van der Waals surface area contributed by atoms with Gasteiger partial charge in [0, 0.05) is 14.8 Å². The van der Waals surface area contributed by atoms with E-state index in [2.05, 4.69) is 33.2 Å². The molecular formula is C17H15IN2O4. The molecule has 0 saturated carbocycles. The number of carbonyl (C=O) groups is 2. The van der Waals surface area contributed by atoms with Gasteiger partial charge in [0.25, 0.3) is 5.91 Å². The van der Waals surface area contributed by atoms with Gasteiger partial charge in [0.05, 0.1) is 0 Å². The van der Waals surface area contributed by atoms with E-state index in [1.54, 1.807) is 24.3 Å². The van der Waals surface area contributed by atoms with Crippen LogP contribution in [0.2, 0.25) is 0 Å². The summed E-state index contributed by atoms with van der Waals surface area (Å²) in [5.41, 5.74) is 2.07. The van der Waals surface area contributed by atoms with Crippen LogP contribution in [0.15, 0.2) is 36.4 Å². The Morgan fingerprint density at radius 3 is 2.54 bits per heavy atom. The van der Waals surface area contributed by atoms with Crippen molar-refractivity contribution < 1.29 is 19.1 Å². The van der Waals surface area contributed by atoms with Crippen molar-refractivity contribution in [1.29, 1.82) is 0 Å². The minimum Gasteiger partial charge on any atom is -0.486 e. The monoisotopic (exact) mass is 438 g/mol. The minimum absolute atomic E-state index is 0.327. The van der Waals surface area contributed by atoms with Crippen LogP contribution in [0.25, 0.3) is 0 Å². The van der Waals surface area contributed by atoms with E-state index in [0.29, 0.717) is 36.0 Å². The number of rotatable bonds is 2. The van der Waals surface area contributed by atoms with Gasteiger partial charge in [0.15, 0.2) is 11.5 Å². The van der Waals surface area contributed by atoms with E-state index in [-0.39, 0.29) is 0 Å². The fraction of sp³-hybridized carbons (Fsp3) is 0.176. The maximum absolute atomic E-state index is 12.2. The third-order valence-corrected chi connectivity index (χ3v) is 4.62. The van der Waals surface area contributed by atoms with Crippen LogP contribution in [0.1, 0.15) is 15.9 Å². The van der Waals surface area contributed by atoms with Crippen molar-refractivity contribution in [3.05, 3.63) is 51.1 Å². The van der Waals surface area contributed by atoms with Gasteiger partial charge in [-0.2, -0.15) is 0 Å². The Morgan fingerprint density at radius 1 is 1.04 bits per heavy atom. The number of hydrogen-bond donors (Lipinski definition) is 2. The van der Waals surface area contributed by atoms with Gasteiger partial charge in [-0.05, 0) is 65.4 Å². The summed E-state index contributed by atoms with van der Waals surface area (Å²) >= 11 is 2.19. The molecule has 2 N–H and O–H groups in total. The number of halogens is 1. The average Bonchev–Trinajstić information content (AvgIpc) is 2.57.